The summed E-state index contributed by atoms with van der Waals surface area (Å²) in [5.41, 5.74) is 0.875. The van der Waals surface area contributed by atoms with Gasteiger partial charge in [-0.15, -0.1) is 11.6 Å². The van der Waals surface area contributed by atoms with E-state index in [4.69, 9.17) is 11.6 Å². The first kappa shape index (κ1) is 8.14. The van der Waals surface area contributed by atoms with Gasteiger partial charge in [0.15, 0.2) is 0 Å². The van der Waals surface area contributed by atoms with E-state index >= 15 is 0 Å². The molecule has 4 heteroatoms. The number of hydrogen-bond acceptors (Lipinski definition) is 3. The van der Waals surface area contributed by atoms with Gasteiger partial charge in [-0.3, -0.25) is 0 Å². The summed E-state index contributed by atoms with van der Waals surface area (Å²) in [5, 5.41) is -0.471. The van der Waals surface area contributed by atoms with Crippen molar-refractivity contribution >= 4 is 17.9 Å². The highest BCUT2D eigenvalue weighted by Crippen LogP contribution is 2.02. The highest BCUT2D eigenvalue weighted by atomic mass is 35.5. The molecule has 11 heavy (non-hydrogen) atoms. The second-order valence-electron chi connectivity index (χ2n) is 2.10. The van der Waals surface area contributed by atoms with E-state index in [9.17, 15) is 4.79 Å². The largest absolute Gasteiger partial charge is 0.302 e. The molecular weight excluding hydrogens is 164 g/mol. The van der Waals surface area contributed by atoms with Crippen LogP contribution in [0.25, 0.3) is 0 Å². The molecule has 0 radical (unpaired) electrons. The van der Waals surface area contributed by atoms with E-state index in [1.54, 1.807) is 12.4 Å². The molecule has 1 unspecified atom stereocenters. The van der Waals surface area contributed by atoms with Gasteiger partial charge in [0.05, 0.1) is 5.38 Å². The Morgan fingerprint density at radius 1 is 1.55 bits per heavy atom. The number of carbonyl (C=O) groups excluding carboxylic acids is 1. The summed E-state index contributed by atoms with van der Waals surface area (Å²) >= 11 is 5.58. The zero-order chi connectivity index (χ0) is 8.10. The molecule has 0 aliphatic heterocycles. The van der Waals surface area contributed by atoms with Crippen molar-refractivity contribution in [1.82, 2.24) is 9.97 Å². The highest BCUT2D eigenvalue weighted by Gasteiger charge is 2.02. The highest BCUT2D eigenvalue weighted by molar-refractivity contribution is 6.27. The second kappa shape index (κ2) is 4.03. The molecule has 0 saturated carbocycles. The van der Waals surface area contributed by atoms with Crippen LogP contribution in [0.15, 0.2) is 18.7 Å². The van der Waals surface area contributed by atoms with Crippen LogP contribution in [-0.4, -0.2) is 21.6 Å². The normalized spacial score (nSPS) is 12.5. The number of hydrogen-bond donors (Lipinski definition) is 0. The number of nitrogens with zero attached hydrogens (tertiary/aromatic N) is 2. The molecule has 0 fully saturated rings. The third-order valence-corrected chi connectivity index (χ3v) is 1.45. The lowest BCUT2D eigenvalue weighted by atomic mass is 10.2. The molecule has 3 nitrogen and oxygen atoms in total. The Morgan fingerprint density at radius 2 is 2.18 bits per heavy atom. The lowest BCUT2D eigenvalue weighted by molar-refractivity contribution is -0.107. The van der Waals surface area contributed by atoms with Crippen molar-refractivity contribution in [3.8, 4) is 0 Å². The summed E-state index contributed by atoms with van der Waals surface area (Å²) in [5.74, 6) is 0. The Bertz CT molecular complexity index is 227. The maximum absolute atomic E-state index is 10.1. The van der Waals surface area contributed by atoms with E-state index in [0.29, 0.717) is 12.7 Å². The molecule has 0 spiro atoms. The van der Waals surface area contributed by atoms with Crippen LogP contribution in [0.5, 0.6) is 0 Å². The smallest absolute Gasteiger partial charge is 0.138 e. The van der Waals surface area contributed by atoms with Crippen LogP contribution in [0.3, 0.4) is 0 Å². The van der Waals surface area contributed by atoms with Crippen LogP contribution >= 0.6 is 11.6 Å². The van der Waals surface area contributed by atoms with Gasteiger partial charge < -0.3 is 4.79 Å². The molecular formula is C7H7ClN2O. The van der Waals surface area contributed by atoms with E-state index in [1.165, 1.54) is 6.33 Å². The predicted molar refractivity (Wildman–Crippen MR) is 41.4 cm³/mol. The maximum Gasteiger partial charge on any atom is 0.138 e. The Hall–Kier alpha value is -0.960. The summed E-state index contributed by atoms with van der Waals surface area (Å²) in [6, 6.07) is 0. The van der Waals surface area contributed by atoms with Crippen LogP contribution in [0.2, 0.25) is 0 Å². The number of alkyl halides is 1. The average molecular weight is 171 g/mol. The molecule has 0 aliphatic rings. The fourth-order valence-electron chi connectivity index (χ4n) is 0.709. The summed E-state index contributed by atoms with van der Waals surface area (Å²) < 4.78 is 0. The standard InChI is InChI=1S/C7H7ClN2O/c8-7(4-11)1-6-2-9-5-10-3-6/h2-5,7H,1H2. The van der Waals surface area contributed by atoms with Crippen LogP contribution in [-0.2, 0) is 11.2 Å². The van der Waals surface area contributed by atoms with Gasteiger partial charge in [-0.05, 0) is 12.0 Å². The Balaban J connectivity index is 2.57. The quantitative estimate of drug-likeness (QED) is 0.499. The number of aldehydes is 1. The van der Waals surface area contributed by atoms with E-state index in [0.717, 1.165) is 5.56 Å². The summed E-state index contributed by atoms with van der Waals surface area (Å²) in [6.07, 6.45) is 5.92. The number of halogens is 1. The van der Waals surface area contributed by atoms with Crippen LogP contribution < -0.4 is 0 Å². The van der Waals surface area contributed by atoms with Gasteiger partial charge in [-0.1, -0.05) is 0 Å². The molecule has 0 N–H and O–H groups in total. The molecule has 0 bridgehead atoms. The Kier molecular flexibility index (Phi) is 2.98. The van der Waals surface area contributed by atoms with Gasteiger partial charge in [0.25, 0.3) is 0 Å². The maximum atomic E-state index is 10.1. The van der Waals surface area contributed by atoms with Gasteiger partial charge in [-0.2, -0.15) is 0 Å². The number of aromatic nitrogens is 2. The number of carbonyl (C=O) groups is 1. The minimum absolute atomic E-state index is 0.471. The van der Waals surface area contributed by atoms with E-state index in [-0.39, 0.29) is 0 Å². The SMILES string of the molecule is O=CC(Cl)Cc1cncnc1. The average Bonchev–Trinajstić information content (AvgIpc) is 2.06. The van der Waals surface area contributed by atoms with Gasteiger partial charge in [0.2, 0.25) is 0 Å². The molecule has 58 valence electrons. The van der Waals surface area contributed by atoms with Gasteiger partial charge in [0.1, 0.15) is 12.6 Å². The monoisotopic (exact) mass is 170 g/mol. The van der Waals surface area contributed by atoms with E-state index in [1.807, 2.05) is 0 Å². The first-order valence-corrected chi connectivity index (χ1v) is 3.60. The first-order valence-electron chi connectivity index (χ1n) is 3.16. The van der Waals surface area contributed by atoms with Crippen LogP contribution in [0.1, 0.15) is 5.56 Å². The fraction of sp³-hybridized carbons (Fsp3) is 0.286. The Labute approximate surface area is 69.4 Å². The first-order chi connectivity index (χ1) is 5.33. The van der Waals surface area contributed by atoms with Gasteiger partial charge in [0, 0.05) is 12.4 Å². The van der Waals surface area contributed by atoms with Crippen molar-refractivity contribution < 1.29 is 4.79 Å². The molecule has 0 aliphatic carbocycles. The molecule has 0 aromatic carbocycles. The second-order valence-corrected chi connectivity index (χ2v) is 2.66. The van der Waals surface area contributed by atoms with Gasteiger partial charge >= 0.3 is 0 Å². The minimum Gasteiger partial charge on any atom is -0.302 e. The van der Waals surface area contributed by atoms with Gasteiger partial charge in [-0.25, -0.2) is 9.97 Å². The molecule has 0 amide bonds. The van der Waals surface area contributed by atoms with Crippen molar-refractivity contribution in [2.24, 2.45) is 0 Å². The molecule has 1 heterocycles. The fourth-order valence-corrected chi connectivity index (χ4v) is 0.887. The summed E-state index contributed by atoms with van der Waals surface area (Å²) in [4.78, 5) is 17.7. The number of rotatable bonds is 3. The summed E-state index contributed by atoms with van der Waals surface area (Å²) in [6.45, 7) is 0. The van der Waals surface area contributed by atoms with Crippen molar-refractivity contribution in [3.63, 3.8) is 0 Å². The van der Waals surface area contributed by atoms with Crippen molar-refractivity contribution in [3.05, 3.63) is 24.3 Å². The third-order valence-electron chi connectivity index (χ3n) is 1.19. The van der Waals surface area contributed by atoms with Crippen molar-refractivity contribution in [2.75, 3.05) is 0 Å². The van der Waals surface area contributed by atoms with E-state index in [2.05, 4.69) is 9.97 Å². The molecule has 1 aromatic heterocycles. The van der Waals surface area contributed by atoms with Crippen LogP contribution in [0.4, 0.5) is 0 Å². The summed E-state index contributed by atoms with van der Waals surface area (Å²) in [7, 11) is 0. The molecule has 1 rings (SSSR count). The Morgan fingerprint density at radius 3 is 2.73 bits per heavy atom. The lowest BCUT2D eigenvalue weighted by Gasteiger charge is -1.98. The molecule has 0 saturated heterocycles. The van der Waals surface area contributed by atoms with Crippen LogP contribution in [0, 0.1) is 0 Å². The zero-order valence-corrected chi connectivity index (χ0v) is 6.53. The topological polar surface area (TPSA) is 42.9 Å². The minimum atomic E-state index is -0.471. The van der Waals surface area contributed by atoms with Crippen molar-refractivity contribution in [2.45, 2.75) is 11.8 Å². The molecule has 1 atom stereocenters. The van der Waals surface area contributed by atoms with E-state index < -0.39 is 5.38 Å². The predicted octanol–water partition coefficient (Wildman–Crippen LogP) is 0.825. The zero-order valence-electron chi connectivity index (χ0n) is 5.77. The third kappa shape index (κ3) is 2.63. The van der Waals surface area contributed by atoms with Crippen molar-refractivity contribution in [1.29, 1.82) is 0 Å². The molecule has 1 aromatic rings. The lowest BCUT2D eigenvalue weighted by Crippen LogP contribution is -2.04.